The lowest BCUT2D eigenvalue weighted by atomic mass is 9.95. The molecule has 2 heteroatoms. The highest BCUT2D eigenvalue weighted by molar-refractivity contribution is 6.14. The van der Waals surface area contributed by atoms with Crippen LogP contribution in [0.25, 0.3) is 77.2 Å². The van der Waals surface area contributed by atoms with E-state index in [1.165, 1.54) is 38.6 Å². The summed E-state index contributed by atoms with van der Waals surface area (Å²) in [6, 6.07) is 75.9. The predicted octanol–water partition coefficient (Wildman–Crippen LogP) is 14.9. The molecule has 10 aromatic rings. The molecule has 0 N–H and O–H groups in total. The minimum absolute atomic E-state index is 0.866. The SMILES string of the molecule is c1ccc(-c2ccc(-c3ccccc3N(c3ccc(-c4cccc(-c5cccc6ccccc56)c4)cc3)c3cccc4oc5ccccc5c34)cc2)cc1. The van der Waals surface area contributed by atoms with Crippen LogP contribution in [0.5, 0.6) is 0 Å². The molecule has 1 heterocycles. The molecule has 0 aliphatic rings. The highest BCUT2D eigenvalue weighted by Crippen LogP contribution is 2.46. The molecule has 10 rings (SSSR count). The van der Waals surface area contributed by atoms with Gasteiger partial charge in [-0.05, 0) is 92.2 Å². The first-order valence-corrected chi connectivity index (χ1v) is 18.4. The van der Waals surface area contributed by atoms with Gasteiger partial charge in [0.25, 0.3) is 0 Å². The molecular formula is C52H35NO. The normalized spacial score (nSPS) is 11.3. The number of fused-ring (bicyclic) bond motifs is 4. The number of benzene rings is 9. The third-order valence-corrected chi connectivity index (χ3v) is 10.5. The van der Waals surface area contributed by atoms with E-state index in [4.69, 9.17) is 4.42 Å². The largest absolute Gasteiger partial charge is 0.456 e. The van der Waals surface area contributed by atoms with E-state index in [1.807, 2.05) is 12.1 Å². The van der Waals surface area contributed by atoms with Gasteiger partial charge in [0.15, 0.2) is 0 Å². The van der Waals surface area contributed by atoms with Crippen LogP contribution in [-0.2, 0) is 0 Å². The number of nitrogens with zero attached hydrogens (tertiary/aromatic N) is 1. The van der Waals surface area contributed by atoms with Crippen molar-refractivity contribution in [3.63, 3.8) is 0 Å². The van der Waals surface area contributed by atoms with Crippen LogP contribution in [-0.4, -0.2) is 0 Å². The number of hydrogen-bond donors (Lipinski definition) is 0. The van der Waals surface area contributed by atoms with Crippen molar-refractivity contribution in [1.82, 2.24) is 0 Å². The fourth-order valence-corrected chi connectivity index (χ4v) is 7.88. The van der Waals surface area contributed by atoms with Crippen molar-refractivity contribution >= 4 is 49.8 Å². The van der Waals surface area contributed by atoms with Gasteiger partial charge in [0, 0.05) is 16.6 Å². The van der Waals surface area contributed by atoms with Gasteiger partial charge in [0.2, 0.25) is 0 Å². The molecule has 0 amide bonds. The first-order valence-electron chi connectivity index (χ1n) is 18.4. The summed E-state index contributed by atoms with van der Waals surface area (Å²) in [7, 11) is 0. The number of rotatable bonds is 7. The van der Waals surface area contributed by atoms with Crippen LogP contribution in [0, 0.1) is 0 Å². The number of hydrogen-bond acceptors (Lipinski definition) is 2. The topological polar surface area (TPSA) is 16.4 Å². The van der Waals surface area contributed by atoms with Crippen molar-refractivity contribution in [2.24, 2.45) is 0 Å². The quantitative estimate of drug-likeness (QED) is 0.166. The molecule has 254 valence electrons. The van der Waals surface area contributed by atoms with Gasteiger partial charge in [0.05, 0.1) is 16.8 Å². The Kier molecular flexibility index (Phi) is 7.85. The van der Waals surface area contributed by atoms with E-state index in [0.717, 1.165) is 55.7 Å². The Balaban J connectivity index is 1.11. The molecule has 2 nitrogen and oxygen atoms in total. The van der Waals surface area contributed by atoms with E-state index in [0.29, 0.717) is 0 Å². The lowest BCUT2D eigenvalue weighted by Gasteiger charge is -2.28. The van der Waals surface area contributed by atoms with E-state index in [9.17, 15) is 0 Å². The minimum Gasteiger partial charge on any atom is -0.456 e. The Morgan fingerprint density at radius 3 is 1.72 bits per heavy atom. The summed E-state index contributed by atoms with van der Waals surface area (Å²) in [6.45, 7) is 0. The average Bonchev–Trinajstić information content (AvgIpc) is 3.64. The van der Waals surface area contributed by atoms with Gasteiger partial charge in [-0.2, -0.15) is 0 Å². The molecule has 9 aromatic carbocycles. The van der Waals surface area contributed by atoms with Gasteiger partial charge in [-0.3, -0.25) is 0 Å². The highest BCUT2D eigenvalue weighted by atomic mass is 16.3. The van der Waals surface area contributed by atoms with Crippen LogP contribution < -0.4 is 4.90 Å². The summed E-state index contributed by atoms with van der Waals surface area (Å²) < 4.78 is 6.41. The van der Waals surface area contributed by atoms with Crippen LogP contribution in [0.2, 0.25) is 0 Å². The maximum Gasteiger partial charge on any atom is 0.137 e. The molecular weight excluding hydrogens is 655 g/mol. The Hall–Kier alpha value is -7.16. The Morgan fingerprint density at radius 1 is 0.315 bits per heavy atom. The molecule has 0 atom stereocenters. The van der Waals surface area contributed by atoms with Crippen molar-refractivity contribution in [2.45, 2.75) is 0 Å². The highest BCUT2D eigenvalue weighted by Gasteiger charge is 2.22. The third kappa shape index (κ3) is 5.62. The molecule has 0 saturated heterocycles. The van der Waals surface area contributed by atoms with Crippen molar-refractivity contribution in [3.05, 3.63) is 212 Å². The summed E-state index contributed by atoms with van der Waals surface area (Å²) in [5, 5.41) is 4.70. The second-order valence-corrected chi connectivity index (χ2v) is 13.7. The van der Waals surface area contributed by atoms with E-state index >= 15 is 0 Å². The molecule has 0 spiro atoms. The maximum absolute atomic E-state index is 6.41. The van der Waals surface area contributed by atoms with Crippen LogP contribution in [0.1, 0.15) is 0 Å². The second-order valence-electron chi connectivity index (χ2n) is 13.7. The van der Waals surface area contributed by atoms with E-state index < -0.39 is 0 Å². The summed E-state index contributed by atoms with van der Waals surface area (Å²) in [5.41, 5.74) is 14.5. The Bertz CT molecular complexity index is 2920. The van der Waals surface area contributed by atoms with Gasteiger partial charge in [-0.1, -0.05) is 170 Å². The van der Waals surface area contributed by atoms with E-state index in [2.05, 4.69) is 205 Å². The summed E-state index contributed by atoms with van der Waals surface area (Å²) in [4.78, 5) is 2.39. The molecule has 54 heavy (non-hydrogen) atoms. The third-order valence-electron chi connectivity index (χ3n) is 10.5. The first-order chi connectivity index (χ1) is 26.8. The Labute approximate surface area is 314 Å². The predicted molar refractivity (Wildman–Crippen MR) is 228 cm³/mol. The fourth-order valence-electron chi connectivity index (χ4n) is 7.88. The molecule has 0 fully saturated rings. The lowest BCUT2D eigenvalue weighted by molar-refractivity contribution is 0.669. The van der Waals surface area contributed by atoms with Gasteiger partial charge in [-0.25, -0.2) is 0 Å². The van der Waals surface area contributed by atoms with Crippen molar-refractivity contribution in [1.29, 1.82) is 0 Å². The van der Waals surface area contributed by atoms with Crippen LogP contribution in [0.3, 0.4) is 0 Å². The van der Waals surface area contributed by atoms with Crippen molar-refractivity contribution < 1.29 is 4.42 Å². The second kappa shape index (κ2) is 13.4. The monoisotopic (exact) mass is 689 g/mol. The van der Waals surface area contributed by atoms with Crippen LogP contribution in [0.15, 0.2) is 217 Å². The van der Waals surface area contributed by atoms with Gasteiger partial charge in [0.1, 0.15) is 11.2 Å². The molecule has 0 radical (unpaired) electrons. The smallest absolute Gasteiger partial charge is 0.137 e. The first kappa shape index (κ1) is 31.6. The number of para-hydroxylation sites is 2. The van der Waals surface area contributed by atoms with Crippen LogP contribution >= 0.6 is 0 Å². The molecule has 1 aromatic heterocycles. The number of furan rings is 1. The molecule has 0 aliphatic heterocycles. The number of anilines is 3. The zero-order valence-electron chi connectivity index (χ0n) is 29.6. The minimum atomic E-state index is 0.866. The van der Waals surface area contributed by atoms with E-state index in [1.54, 1.807) is 0 Å². The van der Waals surface area contributed by atoms with Gasteiger partial charge >= 0.3 is 0 Å². The summed E-state index contributed by atoms with van der Waals surface area (Å²) in [5.74, 6) is 0. The zero-order chi connectivity index (χ0) is 35.8. The standard InChI is InChI=1S/C52H35NO/c1-2-13-36(14-3-1)37-27-29-40(30-28-37)46-20-6-8-23-48(46)53(49-24-12-26-51-52(49)47-21-7-9-25-50(47)54-51)43-33-31-38(32-34-43)41-17-10-18-42(35-41)45-22-11-16-39-15-4-5-19-44(39)45/h1-35H. The molecule has 0 unspecified atom stereocenters. The van der Waals surface area contributed by atoms with Crippen molar-refractivity contribution in [2.75, 3.05) is 4.90 Å². The van der Waals surface area contributed by atoms with Gasteiger partial charge < -0.3 is 9.32 Å². The van der Waals surface area contributed by atoms with Gasteiger partial charge in [-0.15, -0.1) is 0 Å². The molecule has 0 bridgehead atoms. The maximum atomic E-state index is 6.41. The van der Waals surface area contributed by atoms with Crippen LogP contribution in [0.4, 0.5) is 17.1 Å². The summed E-state index contributed by atoms with van der Waals surface area (Å²) in [6.07, 6.45) is 0. The molecule has 0 saturated carbocycles. The molecule has 0 aliphatic carbocycles. The van der Waals surface area contributed by atoms with E-state index in [-0.39, 0.29) is 0 Å². The fraction of sp³-hybridized carbons (Fsp3) is 0. The Morgan fingerprint density at radius 2 is 0.852 bits per heavy atom. The summed E-state index contributed by atoms with van der Waals surface area (Å²) >= 11 is 0. The zero-order valence-corrected chi connectivity index (χ0v) is 29.6. The lowest BCUT2D eigenvalue weighted by Crippen LogP contribution is -2.11. The van der Waals surface area contributed by atoms with Crippen molar-refractivity contribution in [3.8, 4) is 44.5 Å². The average molecular weight is 690 g/mol.